The van der Waals surface area contributed by atoms with Crippen LogP contribution in [0.1, 0.15) is 25.7 Å². The van der Waals surface area contributed by atoms with Gasteiger partial charge < -0.3 is 10.6 Å². The van der Waals surface area contributed by atoms with Crippen LogP contribution in [-0.4, -0.2) is 25.5 Å². The van der Waals surface area contributed by atoms with Crippen molar-refractivity contribution < 1.29 is 4.79 Å². The van der Waals surface area contributed by atoms with Gasteiger partial charge in [0.2, 0.25) is 5.91 Å². The van der Waals surface area contributed by atoms with Gasteiger partial charge in [-0.25, -0.2) is 0 Å². The average molecular weight is 182 g/mol. The van der Waals surface area contributed by atoms with Crippen LogP contribution in [0.5, 0.6) is 0 Å². The molecule has 0 bridgehead atoms. The fourth-order valence-electron chi connectivity index (χ4n) is 2.39. The van der Waals surface area contributed by atoms with Gasteiger partial charge >= 0.3 is 0 Å². The van der Waals surface area contributed by atoms with Crippen LogP contribution >= 0.6 is 0 Å². The molecule has 2 saturated heterocycles. The summed E-state index contributed by atoms with van der Waals surface area (Å²) in [6.45, 7) is 3.17. The molecule has 0 aliphatic carbocycles. The maximum Gasteiger partial charge on any atom is 0.223 e. The summed E-state index contributed by atoms with van der Waals surface area (Å²) in [6, 6.07) is 0. The Morgan fingerprint density at radius 3 is 2.54 bits per heavy atom. The minimum absolute atomic E-state index is 0.290. The van der Waals surface area contributed by atoms with Gasteiger partial charge in [0.05, 0.1) is 0 Å². The molecule has 0 aromatic carbocycles. The SMILES string of the molecule is O=C1NCCC1CC1CCNCC1. The lowest BCUT2D eigenvalue weighted by atomic mass is 9.87. The molecule has 3 heteroatoms. The summed E-state index contributed by atoms with van der Waals surface area (Å²) in [4.78, 5) is 11.3. The van der Waals surface area contributed by atoms with E-state index in [4.69, 9.17) is 0 Å². The summed E-state index contributed by atoms with van der Waals surface area (Å²) >= 11 is 0. The Balaban J connectivity index is 1.79. The Morgan fingerprint density at radius 2 is 1.92 bits per heavy atom. The van der Waals surface area contributed by atoms with Crippen molar-refractivity contribution in [2.24, 2.45) is 11.8 Å². The van der Waals surface area contributed by atoms with Crippen molar-refractivity contribution in [3.05, 3.63) is 0 Å². The minimum Gasteiger partial charge on any atom is -0.356 e. The van der Waals surface area contributed by atoms with Crippen molar-refractivity contribution in [3.63, 3.8) is 0 Å². The van der Waals surface area contributed by atoms with Gasteiger partial charge in [0, 0.05) is 12.5 Å². The molecule has 2 aliphatic rings. The summed E-state index contributed by atoms with van der Waals surface area (Å²) in [7, 11) is 0. The first kappa shape index (κ1) is 9.00. The largest absolute Gasteiger partial charge is 0.356 e. The van der Waals surface area contributed by atoms with Crippen LogP contribution in [0.3, 0.4) is 0 Å². The number of amides is 1. The molecular formula is C10H18N2O. The molecule has 13 heavy (non-hydrogen) atoms. The zero-order valence-corrected chi connectivity index (χ0v) is 8.01. The second kappa shape index (κ2) is 4.09. The van der Waals surface area contributed by atoms with Crippen molar-refractivity contribution in [2.45, 2.75) is 25.7 Å². The predicted octanol–water partition coefficient (Wildman–Crippen LogP) is 0.512. The Morgan fingerprint density at radius 1 is 1.15 bits per heavy atom. The van der Waals surface area contributed by atoms with E-state index in [1.165, 1.54) is 12.8 Å². The van der Waals surface area contributed by atoms with E-state index in [9.17, 15) is 4.79 Å². The van der Waals surface area contributed by atoms with Crippen LogP contribution in [0.15, 0.2) is 0 Å². The smallest absolute Gasteiger partial charge is 0.223 e. The van der Waals surface area contributed by atoms with E-state index in [-0.39, 0.29) is 0 Å². The zero-order chi connectivity index (χ0) is 9.10. The Kier molecular flexibility index (Phi) is 2.83. The molecule has 0 saturated carbocycles. The molecule has 1 atom stereocenters. The summed E-state index contributed by atoms with van der Waals surface area (Å²) in [5.41, 5.74) is 0. The molecule has 2 rings (SSSR count). The van der Waals surface area contributed by atoms with Crippen LogP contribution in [-0.2, 0) is 4.79 Å². The highest BCUT2D eigenvalue weighted by Gasteiger charge is 2.27. The van der Waals surface area contributed by atoms with Gasteiger partial charge in [0.15, 0.2) is 0 Å². The van der Waals surface area contributed by atoms with Crippen molar-refractivity contribution in [1.29, 1.82) is 0 Å². The maximum absolute atomic E-state index is 11.3. The van der Waals surface area contributed by atoms with Gasteiger partial charge in [-0.3, -0.25) is 4.79 Å². The minimum atomic E-state index is 0.290. The Hall–Kier alpha value is -0.570. The first-order valence-corrected chi connectivity index (χ1v) is 5.34. The molecular weight excluding hydrogens is 164 g/mol. The van der Waals surface area contributed by atoms with Crippen molar-refractivity contribution in [3.8, 4) is 0 Å². The van der Waals surface area contributed by atoms with E-state index in [1.807, 2.05) is 0 Å². The summed E-state index contributed by atoms with van der Waals surface area (Å²) < 4.78 is 0. The third kappa shape index (κ3) is 2.21. The van der Waals surface area contributed by atoms with Crippen LogP contribution in [0, 0.1) is 11.8 Å². The molecule has 0 aromatic heterocycles. The molecule has 2 heterocycles. The lowest BCUT2D eigenvalue weighted by Crippen LogP contribution is -2.30. The molecule has 2 aliphatic heterocycles. The topological polar surface area (TPSA) is 41.1 Å². The highest BCUT2D eigenvalue weighted by molar-refractivity contribution is 5.80. The second-order valence-electron chi connectivity index (χ2n) is 4.21. The Labute approximate surface area is 79.3 Å². The second-order valence-corrected chi connectivity index (χ2v) is 4.21. The van der Waals surface area contributed by atoms with Gasteiger partial charge in [0.1, 0.15) is 0 Å². The highest BCUT2D eigenvalue weighted by Crippen LogP contribution is 2.25. The third-order valence-electron chi connectivity index (χ3n) is 3.24. The average Bonchev–Trinajstić information content (AvgIpc) is 2.54. The molecule has 1 unspecified atom stereocenters. The van der Waals surface area contributed by atoms with E-state index < -0.39 is 0 Å². The van der Waals surface area contributed by atoms with Gasteiger partial charge in [-0.2, -0.15) is 0 Å². The van der Waals surface area contributed by atoms with E-state index in [2.05, 4.69) is 10.6 Å². The van der Waals surface area contributed by atoms with E-state index in [1.54, 1.807) is 0 Å². The molecule has 2 N–H and O–H groups in total. The van der Waals surface area contributed by atoms with Crippen LogP contribution in [0.25, 0.3) is 0 Å². The first-order chi connectivity index (χ1) is 6.36. The van der Waals surface area contributed by atoms with Crippen molar-refractivity contribution >= 4 is 5.91 Å². The summed E-state index contributed by atoms with van der Waals surface area (Å²) in [5.74, 6) is 1.40. The molecule has 2 fully saturated rings. The van der Waals surface area contributed by atoms with Gasteiger partial charge in [0.25, 0.3) is 0 Å². The highest BCUT2D eigenvalue weighted by atomic mass is 16.2. The number of nitrogens with one attached hydrogen (secondary N) is 2. The number of hydrogen-bond donors (Lipinski definition) is 2. The molecule has 0 aromatic rings. The molecule has 0 spiro atoms. The summed E-state index contributed by atoms with van der Waals surface area (Å²) in [5, 5.41) is 6.25. The van der Waals surface area contributed by atoms with Gasteiger partial charge in [-0.05, 0) is 44.7 Å². The first-order valence-electron chi connectivity index (χ1n) is 5.34. The molecule has 74 valence electrons. The van der Waals surface area contributed by atoms with Crippen molar-refractivity contribution in [2.75, 3.05) is 19.6 Å². The third-order valence-corrected chi connectivity index (χ3v) is 3.24. The monoisotopic (exact) mass is 182 g/mol. The number of carbonyl (C=O) groups excluding carboxylic acids is 1. The van der Waals surface area contributed by atoms with Crippen LogP contribution in [0.4, 0.5) is 0 Å². The lowest BCUT2D eigenvalue weighted by Gasteiger charge is -2.24. The quantitative estimate of drug-likeness (QED) is 0.653. The maximum atomic E-state index is 11.3. The van der Waals surface area contributed by atoms with E-state index in [0.29, 0.717) is 11.8 Å². The lowest BCUT2D eigenvalue weighted by molar-refractivity contribution is -0.122. The zero-order valence-electron chi connectivity index (χ0n) is 8.01. The van der Waals surface area contributed by atoms with Gasteiger partial charge in [-0.15, -0.1) is 0 Å². The predicted molar refractivity (Wildman–Crippen MR) is 51.3 cm³/mol. The number of piperidine rings is 1. The normalized spacial score (nSPS) is 30.5. The number of carbonyl (C=O) groups is 1. The van der Waals surface area contributed by atoms with Crippen LogP contribution < -0.4 is 10.6 Å². The fraction of sp³-hybridized carbons (Fsp3) is 0.900. The number of hydrogen-bond acceptors (Lipinski definition) is 2. The van der Waals surface area contributed by atoms with Crippen molar-refractivity contribution in [1.82, 2.24) is 10.6 Å². The Bertz CT molecular complexity index is 187. The van der Waals surface area contributed by atoms with E-state index in [0.717, 1.165) is 38.4 Å². The molecule has 3 nitrogen and oxygen atoms in total. The van der Waals surface area contributed by atoms with Crippen LogP contribution in [0.2, 0.25) is 0 Å². The number of rotatable bonds is 2. The standard InChI is InChI=1S/C10H18N2O/c13-10-9(3-6-12-10)7-8-1-4-11-5-2-8/h8-9,11H,1-7H2,(H,12,13). The fourth-order valence-corrected chi connectivity index (χ4v) is 2.39. The summed E-state index contributed by atoms with van der Waals surface area (Å²) in [6.07, 6.45) is 4.68. The molecule has 1 amide bonds. The van der Waals surface area contributed by atoms with E-state index >= 15 is 0 Å². The van der Waals surface area contributed by atoms with Gasteiger partial charge in [-0.1, -0.05) is 0 Å². The molecule has 0 radical (unpaired) electrons.